The van der Waals surface area contributed by atoms with Crippen LogP contribution in [0.1, 0.15) is 31.0 Å². The van der Waals surface area contributed by atoms with Crippen LogP contribution < -0.4 is 0 Å². The maximum Gasteiger partial charge on any atom is 0.223 e. The lowest BCUT2D eigenvalue weighted by Crippen LogP contribution is -2.27. The summed E-state index contributed by atoms with van der Waals surface area (Å²) in [5, 5.41) is 0. The quantitative estimate of drug-likeness (QED) is 0.857. The van der Waals surface area contributed by atoms with E-state index in [1.165, 1.54) is 12.8 Å². The molecule has 2 heterocycles. The molecule has 0 radical (unpaired) electrons. The number of para-hydroxylation sites is 2. The Bertz CT molecular complexity index is 671. The molecule has 1 unspecified atom stereocenters. The van der Waals surface area contributed by atoms with Crippen molar-refractivity contribution in [2.75, 3.05) is 13.1 Å². The zero-order valence-corrected chi connectivity index (χ0v) is 11.7. The van der Waals surface area contributed by atoms with Crippen molar-refractivity contribution in [1.82, 2.24) is 14.5 Å². The summed E-state index contributed by atoms with van der Waals surface area (Å²) < 4.78 is 2.15. The predicted molar refractivity (Wildman–Crippen MR) is 77.4 cm³/mol. The zero-order valence-electron chi connectivity index (χ0n) is 11.7. The van der Waals surface area contributed by atoms with Crippen molar-refractivity contribution in [1.29, 1.82) is 0 Å². The van der Waals surface area contributed by atoms with E-state index in [1.807, 2.05) is 23.1 Å². The predicted octanol–water partition coefficient (Wildman–Crippen LogP) is 2.30. The Morgan fingerprint density at radius 2 is 2.10 bits per heavy atom. The normalized spacial score (nSPS) is 22.9. The van der Waals surface area contributed by atoms with Crippen molar-refractivity contribution >= 4 is 16.9 Å². The van der Waals surface area contributed by atoms with Gasteiger partial charge in [0, 0.05) is 32.5 Å². The molecule has 1 aromatic carbocycles. The number of nitrogens with zero attached hydrogens (tertiary/aromatic N) is 3. The molecule has 20 heavy (non-hydrogen) atoms. The van der Waals surface area contributed by atoms with Crippen LogP contribution in [-0.4, -0.2) is 33.4 Å². The molecule has 4 heteroatoms. The van der Waals surface area contributed by atoms with Gasteiger partial charge in [-0.3, -0.25) is 4.79 Å². The molecule has 1 aliphatic carbocycles. The van der Waals surface area contributed by atoms with E-state index in [2.05, 4.69) is 17.7 Å². The minimum absolute atomic E-state index is 0.249. The van der Waals surface area contributed by atoms with Crippen molar-refractivity contribution in [2.45, 2.75) is 25.2 Å². The van der Waals surface area contributed by atoms with Crippen LogP contribution in [0.5, 0.6) is 0 Å². The number of rotatable bonds is 3. The second-order valence-corrected chi connectivity index (χ2v) is 6.16. The molecule has 0 bridgehead atoms. The minimum atomic E-state index is 0.249. The summed E-state index contributed by atoms with van der Waals surface area (Å²) in [4.78, 5) is 18.9. The molecule has 2 fully saturated rings. The maximum absolute atomic E-state index is 12.1. The highest BCUT2D eigenvalue weighted by molar-refractivity contribution is 5.80. The molecule has 1 saturated carbocycles. The number of hydrogen-bond donors (Lipinski definition) is 0. The summed E-state index contributed by atoms with van der Waals surface area (Å²) in [7, 11) is 2.05. The van der Waals surface area contributed by atoms with Crippen LogP contribution in [0, 0.1) is 5.92 Å². The maximum atomic E-state index is 12.1. The molecule has 0 N–H and O–H groups in total. The number of hydrogen-bond acceptors (Lipinski definition) is 2. The Morgan fingerprint density at radius 1 is 1.30 bits per heavy atom. The first-order chi connectivity index (χ1) is 9.72. The van der Waals surface area contributed by atoms with Crippen LogP contribution in [0.15, 0.2) is 24.3 Å². The van der Waals surface area contributed by atoms with Gasteiger partial charge in [-0.1, -0.05) is 12.1 Å². The van der Waals surface area contributed by atoms with Crippen LogP contribution in [0.2, 0.25) is 0 Å². The van der Waals surface area contributed by atoms with Crippen molar-refractivity contribution in [2.24, 2.45) is 13.0 Å². The first-order valence-corrected chi connectivity index (χ1v) is 7.41. The van der Waals surface area contributed by atoms with E-state index < -0.39 is 0 Å². The van der Waals surface area contributed by atoms with Gasteiger partial charge in [-0.15, -0.1) is 0 Å². The van der Waals surface area contributed by atoms with E-state index in [9.17, 15) is 4.79 Å². The summed E-state index contributed by atoms with van der Waals surface area (Å²) in [6.07, 6.45) is 3.20. The Labute approximate surface area is 118 Å². The lowest BCUT2D eigenvalue weighted by Gasteiger charge is -2.16. The number of aromatic nitrogens is 2. The second-order valence-electron chi connectivity index (χ2n) is 6.16. The molecule has 1 saturated heterocycles. The lowest BCUT2D eigenvalue weighted by molar-refractivity contribution is -0.127. The highest BCUT2D eigenvalue weighted by atomic mass is 16.2. The first-order valence-electron chi connectivity index (χ1n) is 7.41. The van der Waals surface area contributed by atoms with Gasteiger partial charge in [0.25, 0.3) is 0 Å². The van der Waals surface area contributed by atoms with Crippen molar-refractivity contribution in [3.63, 3.8) is 0 Å². The Kier molecular flexibility index (Phi) is 2.59. The van der Waals surface area contributed by atoms with Gasteiger partial charge in [-0.05, 0) is 30.9 Å². The van der Waals surface area contributed by atoms with Gasteiger partial charge in [0.05, 0.1) is 11.0 Å². The van der Waals surface area contributed by atoms with Crippen LogP contribution in [0.25, 0.3) is 11.0 Å². The number of amides is 1. The van der Waals surface area contributed by atoms with Crippen molar-refractivity contribution in [3.8, 4) is 0 Å². The summed E-state index contributed by atoms with van der Waals surface area (Å²) >= 11 is 0. The van der Waals surface area contributed by atoms with E-state index in [1.54, 1.807) is 0 Å². The first kappa shape index (κ1) is 11.9. The molecule has 2 aromatic rings. The Hall–Kier alpha value is -1.84. The number of carbonyl (C=O) groups is 1. The number of carbonyl (C=O) groups excluding carboxylic acids is 1. The molecule has 1 atom stereocenters. The zero-order chi connectivity index (χ0) is 13.7. The van der Waals surface area contributed by atoms with Gasteiger partial charge in [-0.2, -0.15) is 0 Å². The van der Waals surface area contributed by atoms with Crippen molar-refractivity contribution < 1.29 is 4.79 Å². The molecule has 1 amide bonds. The highest BCUT2D eigenvalue weighted by Gasteiger charge is 2.36. The van der Waals surface area contributed by atoms with E-state index >= 15 is 0 Å². The fourth-order valence-electron chi connectivity index (χ4n) is 3.26. The summed E-state index contributed by atoms with van der Waals surface area (Å²) in [5.41, 5.74) is 2.17. The van der Waals surface area contributed by atoms with Gasteiger partial charge in [-0.25, -0.2) is 4.98 Å². The molecule has 4 nitrogen and oxygen atoms in total. The van der Waals surface area contributed by atoms with Gasteiger partial charge < -0.3 is 9.47 Å². The minimum Gasteiger partial charge on any atom is -0.342 e. The fraction of sp³-hybridized carbons (Fsp3) is 0.500. The molecule has 1 aromatic heterocycles. The van der Waals surface area contributed by atoms with E-state index in [0.717, 1.165) is 35.9 Å². The average molecular weight is 269 g/mol. The molecule has 2 aliphatic rings. The van der Waals surface area contributed by atoms with Gasteiger partial charge in [0.1, 0.15) is 5.82 Å². The molecule has 104 valence electrons. The van der Waals surface area contributed by atoms with Gasteiger partial charge >= 0.3 is 0 Å². The molecule has 1 aliphatic heterocycles. The SMILES string of the molecule is Cn1c(C2CC(=O)N(CC3CC3)C2)nc2ccccc21. The van der Waals surface area contributed by atoms with Crippen LogP contribution in [0.3, 0.4) is 0 Å². The number of imidazole rings is 1. The molecular weight excluding hydrogens is 250 g/mol. The Morgan fingerprint density at radius 3 is 2.85 bits per heavy atom. The third-order valence-corrected chi connectivity index (χ3v) is 4.58. The van der Waals surface area contributed by atoms with E-state index in [-0.39, 0.29) is 5.92 Å². The lowest BCUT2D eigenvalue weighted by atomic mass is 10.1. The van der Waals surface area contributed by atoms with Crippen LogP contribution in [0.4, 0.5) is 0 Å². The highest BCUT2D eigenvalue weighted by Crippen LogP contribution is 2.34. The largest absolute Gasteiger partial charge is 0.342 e. The molecule has 0 spiro atoms. The summed E-state index contributed by atoms with van der Waals surface area (Å²) in [6, 6.07) is 8.17. The second kappa shape index (κ2) is 4.33. The molecule has 4 rings (SSSR count). The standard InChI is InChI=1S/C16H19N3O/c1-18-14-5-3-2-4-13(14)17-16(18)12-8-15(20)19(10-12)9-11-6-7-11/h2-5,11-12H,6-10H2,1H3. The van der Waals surface area contributed by atoms with Gasteiger partial charge in [0.15, 0.2) is 0 Å². The summed E-state index contributed by atoms with van der Waals surface area (Å²) in [6.45, 7) is 1.80. The topological polar surface area (TPSA) is 38.1 Å². The smallest absolute Gasteiger partial charge is 0.223 e. The van der Waals surface area contributed by atoms with Crippen LogP contribution in [-0.2, 0) is 11.8 Å². The third kappa shape index (κ3) is 1.90. The van der Waals surface area contributed by atoms with Crippen molar-refractivity contribution in [3.05, 3.63) is 30.1 Å². The summed E-state index contributed by atoms with van der Waals surface area (Å²) in [5.74, 6) is 2.36. The number of aryl methyl sites for hydroxylation is 1. The molecular formula is C16H19N3O. The Balaban J connectivity index is 1.63. The number of benzene rings is 1. The van der Waals surface area contributed by atoms with E-state index in [4.69, 9.17) is 4.98 Å². The number of likely N-dealkylation sites (tertiary alicyclic amines) is 1. The number of fused-ring (bicyclic) bond motifs is 1. The van der Waals surface area contributed by atoms with Crippen LogP contribution >= 0.6 is 0 Å². The van der Waals surface area contributed by atoms with Gasteiger partial charge in [0.2, 0.25) is 5.91 Å². The third-order valence-electron chi connectivity index (χ3n) is 4.58. The monoisotopic (exact) mass is 269 g/mol. The average Bonchev–Trinajstić information content (AvgIpc) is 3.11. The van der Waals surface area contributed by atoms with E-state index in [0.29, 0.717) is 12.3 Å². The fourth-order valence-corrected chi connectivity index (χ4v) is 3.26.